The van der Waals surface area contributed by atoms with Gasteiger partial charge in [0.1, 0.15) is 17.2 Å². The molecule has 4 aromatic rings. The summed E-state index contributed by atoms with van der Waals surface area (Å²) in [5.74, 6) is -0.227. The molecule has 0 aliphatic rings. The van der Waals surface area contributed by atoms with Crippen LogP contribution in [0.5, 0.6) is 11.5 Å². The van der Waals surface area contributed by atoms with Gasteiger partial charge in [0, 0.05) is 22.2 Å². The lowest BCUT2D eigenvalue weighted by Crippen LogP contribution is -2.30. The molecule has 0 spiro atoms. The third kappa shape index (κ3) is 8.88. The lowest BCUT2D eigenvalue weighted by atomic mass is 10.1. The van der Waals surface area contributed by atoms with E-state index in [9.17, 15) is 14.4 Å². The Bertz CT molecular complexity index is 1660. The number of hydrogen-bond acceptors (Lipinski definition) is 6. The first-order chi connectivity index (χ1) is 20.7. The molecule has 0 aliphatic carbocycles. The fourth-order valence-electron chi connectivity index (χ4n) is 4.02. The van der Waals surface area contributed by atoms with Crippen molar-refractivity contribution in [3.8, 4) is 11.5 Å². The van der Waals surface area contributed by atoms with Gasteiger partial charge in [-0.1, -0.05) is 65.7 Å². The average molecular weight is 616 g/mol. The maximum Gasteiger partial charge on any atom is 0.272 e. The van der Waals surface area contributed by atoms with Crippen LogP contribution >= 0.6 is 23.4 Å². The van der Waals surface area contributed by atoms with Gasteiger partial charge in [-0.05, 0) is 55.0 Å². The molecule has 4 rings (SSSR count). The van der Waals surface area contributed by atoms with Crippen molar-refractivity contribution in [2.24, 2.45) is 0 Å². The zero-order valence-electron chi connectivity index (χ0n) is 23.8. The number of amides is 3. The van der Waals surface area contributed by atoms with Crippen molar-refractivity contribution in [2.75, 3.05) is 30.6 Å². The molecule has 0 radical (unpaired) electrons. The highest BCUT2D eigenvalue weighted by atomic mass is 35.5. The minimum Gasteiger partial charge on any atom is -0.495 e. The topological polar surface area (TPSA) is 106 Å². The molecule has 0 fully saturated rings. The summed E-state index contributed by atoms with van der Waals surface area (Å²) in [6, 6.07) is 26.5. The van der Waals surface area contributed by atoms with Crippen molar-refractivity contribution < 1.29 is 23.9 Å². The maximum absolute atomic E-state index is 13.4. The minimum atomic E-state index is -0.492. The van der Waals surface area contributed by atoms with Crippen molar-refractivity contribution in [3.05, 3.63) is 118 Å². The Morgan fingerprint density at radius 1 is 0.837 bits per heavy atom. The summed E-state index contributed by atoms with van der Waals surface area (Å²) in [4.78, 5) is 39.8. The van der Waals surface area contributed by atoms with E-state index in [0.29, 0.717) is 33.5 Å². The summed E-state index contributed by atoms with van der Waals surface area (Å²) >= 11 is 7.50. The Labute approximate surface area is 259 Å². The molecule has 0 saturated carbocycles. The van der Waals surface area contributed by atoms with E-state index in [1.807, 2.05) is 43.3 Å². The fraction of sp³-hybridized carbons (Fsp3) is 0.121. The van der Waals surface area contributed by atoms with E-state index in [-0.39, 0.29) is 17.4 Å². The highest BCUT2D eigenvalue weighted by molar-refractivity contribution is 8.00. The summed E-state index contributed by atoms with van der Waals surface area (Å²) in [5.41, 5.74) is 3.22. The number of ether oxygens (including phenoxy) is 2. The molecule has 0 bridgehead atoms. The normalized spacial score (nSPS) is 10.9. The number of carbonyl (C=O) groups is 3. The van der Waals surface area contributed by atoms with E-state index in [1.54, 1.807) is 60.7 Å². The van der Waals surface area contributed by atoms with Gasteiger partial charge in [-0.2, -0.15) is 0 Å². The predicted molar refractivity (Wildman–Crippen MR) is 172 cm³/mol. The second-order valence-corrected chi connectivity index (χ2v) is 10.8. The number of thioether (sulfide) groups is 1. The van der Waals surface area contributed by atoms with E-state index in [4.69, 9.17) is 21.1 Å². The van der Waals surface area contributed by atoms with Crippen LogP contribution in [0.25, 0.3) is 6.08 Å². The van der Waals surface area contributed by atoms with Crippen LogP contribution < -0.4 is 25.4 Å². The van der Waals surface area contributed by atoms with E-state index in [2.05, 4.69) is 16.0 Å². The maximum atomic E-state index is 13.4. The van der Waals surface area contributed by atoms with Crippen LogP contribution in [0.4, 0.5) is 11.4 Å². The molecular formula is C33H30ClN3O5S. The van der Waals surface area contributed by atoms with Crippen molar-refractivity contribution in [3.63, 3.8) is 0 Å². The fourth-order valence-corrected chi connectivity index (χ4v) is 5.02. The summed E-state index contributed by atoms with van der Waals surface area (Å²) < 4.78 is 10.5. The zero-order chi connectivity index (χ0) is 30.8. The van der Waals surface area contributed by atoms with Crippen molar-refractivity contribution in [1.29, 1.82) is 0 Å². The van der Waals surface area contributed by atoms with Gasteiger partial charge in [-0.25, -0.2) is 0 Å². The van der Waals surface area contributed by atoms with Gasteiger partial charge in [0.05, 0.1) is 30.7 Å². The SMILES string of the molecule is COc1cc(OC)c(NC(=O)CSc2cccc(NC(=O)/C(=C\c3cccc(C)c3)NC(=O)c3ccccc3)c2)cc1Cl. The highest BCUT2D eigenvalue weighted by Crippen LogP contribution is 2.36. The Morgan fingerprint density at radius 3 is 2.30 bits per heavy atom. The number of anilines is 2. The molecule has 10 heteroatoms. The molecule has 43 heavy (non-hydrogen) atoms. The van der Waals surface area contributed by atoms with Crippen molar-refractivity contribution in [2.45, 2.75) is 11.8 Å². The van der Waals surface area contributed by atoms with Gasteiger partial charge in [0.15, 0.2) is 0 Å². The van der Waals surface area contributed by atoms with Gasteiger partial charge in [0.25, 0.3) is 11.8 Å². The number of hydrogen-bond donors (Lipinski definition) is 3. The van der Waals surface area contributed by atoms with Crippen LogP contribution in [-0.2, 0) is 9.59 Å². The summed E-state index contributed by atoms with van der Waals surface area (Å²) in [6.07, 6.45) is 1.63. The van der Waals surface area contributed by atoms with Gasteiger partial charge >= 0.3 is 0 Å². The molecule has 0 aromatic heterocycles. The predicted octanol–water partition coefficient (Wildman–Crippen LogP) is 6.81. The van der Waals surface area contributed by atoms with E-state index < -0.39 is 11.8 Å². The van der Waals surface area contributed by atoms with E-state index in [0.717, 1.165) is 16.0 Å². The summed E-state index contributed by atoms with van der Waals surface area (Å²) in [5, 5.41) is 8.74. The molecule has 0 unspecified atom stereocenters. The third-order valence-electron chi connectivity index (χ3n) is 6.09. The molecular weight excluding hydrogens is 586 g/mol. The molecule has 0 aliphatic heterocycles. The summed E-state index contributed by atoms with van der Waals surface area (Å²) in [7, 11) is 2.98. The van der Waals surface area contributed by atoms with Crippen LogP contribution in [-0.4, -0.2) is 37.7 Å². The van der Waals surface area contributed by atoms with Crippen LogP contribution in [0, 0.1) is 6.92 Å². The second kappa shape index (κ2) is 14.9. The Morgan fingerprint density at radius 2 is 1.58 bits per heavy atom. The van der Waals surface area contributed by atoms with Gasteiger partial charge in [-0.3, -0.25) is 14.4 Å². The highest BCUT2D eigenvalue weighted by Gasteiger charge is 2.16. The van der Waals surface area contributed by atoms with Crippen LogP contribution in [0.3, 0.4) is 0 Å². The first-order valence-corrected chi connectivity index (χ1v) is 14.5. The molecule has 220 valence electrons. The standard InChI is InChI=1S/C33H30ClN3O5S/c1-21-9-7-10-22(15-21)16-28(37-32(39)23-11-5-4-6-12-23)33(40)35-24-13-8-14-25(17-24)43-20-31(38)36-27-18-26(34)29(41-2)19-30(27)42-3/h4-19H,20H2,1-3H3,(H,35,40)(H,36,38)(H,37,39)/b28-16+. The number of aryl methyl sites for hydroxylation is 1. The van der Waals surface area contributed by atoms with Gasteiger partial charge < -0.3 is 25.4 Å². The number of halogens is 1. The van der Waals surface area contributed by atoms with E-state index in [1.165, 1.54) is 26.0 Å². The smallest absolute Gasteiger partial charge is 0.272 e. The largest absolute Gasteiger partial charge is 0.495 e. The molecule has 4 aromatic carbocycles. The van der Waals surface area contributed by atoms with Crippen molar-refractivity contribution >= 4 is 58.5 Å². The average Bonchev–Trinajstić information content (AvgIpc) is 3.00. The van der Waals surface area contributed by atoms with Crippen LogP contribution in [0.1, 0.15) is 21.5 Å². The molecule has 3 N–H and O–H groups in total. The number of methoxy groups -OCH3 is 2. The Hall–Kier alpha value is -4.73. The number of carbonyl (C=O) groups excluding carboxylic acids is 3. The van der Waals surface area contributed by atoms with Crippen molar-refractivity contribution in [1.82, 2.24) is 5.32 Å². The molecule has 8 nitrogen and oxygen atoms in total. The van der Waals surface area contributed by atoms with Gasteiger partial charge in [0.2, 0.25) is 5.91 Å². The summed E-state index contributed by atoms with van der Waals surface area (Å²) in [6.45, 7) is 1.95. The Kier molecular flexibility index (Phi) is 10.9. The first kappa shape index (κ1) is 31.2. The lowest BCUT2D eigenvalue weighted by Gasteiger charge is -2.13. The van der Waals surface area contributed by atoms with Gasteiger partial charge in [-0.15, -0.1) is 11.8 Å². The number of benzene rings is 4. The Balaban J connectivity index is 1.45. The molecule has 0 atom stereocenters. The number of rotatable bonds is 11. The molecule has 0 heterocycles. The molecule has 0 saturated heterocycles. The monoisotopic (exact) mass is 615 g/mol. The van der Waals surface area contributed by atoms with E-state index >= 15 is 0 Å². The van der Waals surface area contributed by atoms with Crippen LogP contribution in [0.2, 0.25) is 5.02 Å². The lowest BCUT2D eigenvalue weighted by molar-refractivity contribution is -0.114. The zero-order valence-corrected chi connectivity index (χ0v) is 25.3. The first-order valence-electron chi connectivity index (χ1n) is 13.2. The minimum absolute atomic E-state index is 0.0870. The second-order valence-electron chi connectivity index (χ2n) is 9.30. The quantitative estimate of drug-likeness (QED) is 0.126. The number of nitrogens with one attached hydrogen (secondary N) is 3. The van der Waals surface area contributed by atoms with Crippen LogP contribution in [0.15, 0.2) is 102 Å². The molecule has 3 amide bonds. The third-order valence-corrected chi connectivity index (χ3v) is 7.38.